The van der Waals surface area contributed by atoms with E-state index in [-0.39, 0.29) is 12.3 Å². The second-order valence-electron chi connectivity index (χ2n) is 4.34. The molecule has 0 spiro atoms. The van der Waals surface area contributed by atoms with Gasteiger partial charge in [-0.2, -0.15) is 0 Å². The highest BCUT2D eigenvalue weighted by molar-refractivity contribution is 6.30. The van der Waals surface area contributed by atoms with E-state index >= 15 is 0 Å². The van der Waals surface area contributed by atoms with Crippen molar-refractivity contribution in [2.45, 2.75) is 12.6 Å². The molecule has 1 rings (SSSR count). The van der Waals surface area contributed by atoms with Crippen molar-refractivity contribution in [1.29, 1.82) is 0 Å². The number of likely N-dealkylation sites (N-methyl/N-ethyl adjacent to an activating group) is 1. The Bertz CT molecular complexity index is 442. The van der Waals surface area contributed by atoms with Crippen LogP contribution < -0.4 is 0 Å². The first-order valence-corrected chi connectivity index (χ1v) is 6.10. The Hall–Kier alpha value is -1.21. The zero-order chi connectivity index (χ0) is 14.4. The average molecular weight is 289 g/mol. The van der Waals surface area contributed by atoms with Gasteiger partial charge in [0.15, 0.2) is 0 Å². The molecule has 106 valence electrons. The summed E-state index contributed by atoms with van der Waals surface area (Å²) >= 11 is 5.75. The number of nitro benzene ring substituents is 1. The van der Waals surface area contributed by atoms with Gasteiger partial charge in [-0.15, -0.1) is 0 Å². The monoisotopic (exact) mass is 288 g/mol. The summed E-state index contributed by atoms with van der Waals surface area (Å²) in [4.78, 5) is 12.3. The Morgan fingerprint density at radius 3 is 2.84 bits per heavy atom. The Balaban J connectivity index is 2.73. The summed E-state index contributed by atoms with van der Waals surface area (Å²) in [6.45, 7) is 0.953. The fourth-order valence-corrected chi connectivity index (χ4v) is 1.97. The zero-order valence-corrected chi connectivity index (χ0v) is 11.6. The van der Waals surface area contributed by atoms with Crippen LogP contribution in [0.25, 0.3) is 0 Å². The van der Waals surface area contributed by atoms with Gasteiger partial charge in [-0.3, -0.25) is 15.0 Å². The first-order valence-electron chi connectivity index (χ1n) is 5.72. The van der Waals surface area contributed by atoms with Crippen LogP contribution in [0, 0.1) is 10.1 Å². The summed E-state index contributed by atoms with van der Waals surface area (Å²) in [7, 11) is 3.28. The normalized spacial score (nSPS) is 12.7. The van der Waals surface area contributed by atoms with Gasteiger partial charge in [-0.1, -0.05) is 11.6 Å². The van der Waals surface area contributed by atoms with Gasteiger partial charge in [0.05, 0.1) is 17.6 Å². The average Bonchev–Trinajstić information content (AvgIpc) is 2.31. The maximum atomic E-state index is 10.9. The highest BCUT2D eigenvalue weighted by Gasteiger charge is 2.17. The van der Waals surface area contributed by atoms with Gasteiger partial charge in [0, 0.05) is 36.9 Å². The van der Waals surface area contributed by atoms with E-state index in [1.165, 1.54) is 13.2 Å². The van der Waals surface area contributed by atoms with E-state index in [4.69, 9.17) is 16.3 Å². The first kappa shape index (κ1) is 15.8. The van der Waals surface area contributed by atoms with Crippen LogP contribution in [0.5, 0.6) is 0 Å². The minimum Gasteiger partial charge on any atom is -0.389 e. The number of halogens is 1. The molecule has 1 aromatic carbocycles. The Morgan fingerprint density at radius 2 is 2.26 bits per heavy atom. The molecule has 0 fully saturated rings. The van der Waals surface area contributed by atoms with Crippen molar-refractivity contribution in [3.8, 4) is 0 Å². The molecule has 0 saturated heterocycles. The molecule has 0 radical (unpaired) electrons. The Kier molecular flexibility index (Phi) is 6.17. The number of hydrogen-bond acceptors (Lipinski definition) is 5. The number of hydrogen-bond donors (Lipinski definition) is 1. The number of ether oxygens (including phenoxy) is 1. The molecular weight excluding hydrogens is 272 g/mol. The molecule has 1 N–H and O–H groups in total. The van der Waals surface area contributed by atoms with Crippen molar-refractivity contribution >= 4 is 17.3 Å². The van der Waals surface area contributed by atoms with Crippen LogP contribution in [0.1, 0.15) is 5.56 Å². The topological polar surface area (TPSA) is 75.8 Å². The third-order valence-electron chi connectivity index (χ3n) is 2.57. The molecule has 0 bridgehead atoms. The van der Waals surface area contributed by atoms with Crippen LogP contribution in [0.15, 0.2) is 18.2 Å². The summed E-state index contributed by atoms with van der Waals surface area (Å²) in [5.74, 6) is 0. The molecule has 1 unspecified atom stereocenters. The number of methoxy groups -OCH3 is 1. The third-order valence-corrected chi connectivity index (χ3v) is 2.80. The third kappa shape index (κ3) is 5.12. The molecule has 0 aromatic heterocycles. The number of nitrogens with zero attached hydrogens (tertiary/aromatic N) is 2. The van der Waals surface area contributed by atoms with Gasteiger partial charge in [-0.05, 0) is 19.2 Å². The van der Waals surface area contributed by atoms with E-state index in [1.54, 1.807) is 24.1 Å². The van der Waals surface area contributed by atoms with Crippen LogP contribution in [0.2, 0.25) is 5.02 Å². The second-order valence-corrected chi connectivity index (χ2v) is 4.77. The molecule has 1 aromatic rings. The molecule has 0 aliphatic heterocycles. The maximum Gasteiger partial charge on any atom is 0.275 e. The van der Waals surface area contributed by atoms with Gasteiger partial charge in [-0.25, -0.2) is 0 Å². The smallest absolute Gasteiger partial charge is 0.275 e. The lowest BCUT2D eigenvalue weighted by molar-refractivity contribution is -0.385. The Labute approximate surface area is 116 Å². The SMILES string of the molecule is COCC(O)CN(C)Cc1ccc(Cl)cc1[N+](=O)[O-]. The predicted octanol–water partition coefficient (Wildman–Crippen LogP) is 1.69. The van der Waals surface area contributed by atoms with E-state index in [0.29, 0.717) is 23.7 Å². The predicted molar refractivity (Wildman–Crippen MR) is 72.3 cm³/mol. The van der Waals surface area contributed by atoms with Crippen LogP contribution in [0.3, 0.4) is 0 Å². The van der Waals surface area contributed by atoms with Crippen molar-refractivity contribution in [2.75, 3.05) is 27.3 Å². The molecule has 0 heterocycles. The molecule has 6 nitrogen and oxygen atoms in total. The number of benzene rings is 1. The lowest BCUT2D eigenvalue weighted by Gasteiger charge is -2.20. The van der Waals surface area contributed by atoms with E-state index < -0.39 is 11.0 Å². The van der Waals surface area contributed by atoms with Gasteiger partial charge in [0.2, 0.25) is 0 Å². The second kappa shape index (κ2) is 7.40. The fourth-order valence-electron chi connectivity index (χ4n) is 1.80. The lowest BCUT2D eigenvalue weighted by Crippen LogP contribution is -2.31. The van der Waals surface area contributed by atoms with E-state index in [0.717, 1.165) is 0 Å². The number of nitro groups is 1. The lowest BCUT2D eigenvalue weighted by atomic mass is 10.1. The van der Waals surface area contributed by atoms with Gasteiger partial charge in [0.25, 0.3) is 5.69 Å². The highest BCUT2D eigenvalue weighted by atomic mass is 35.5. The molecule has 0 saturated carbocycles. The Morgan fingerprint density at radius 1 is 1.58 bits per heavy atom. The molecule has 0 amide bonds. The zero-order valence-electron chi connectivity index (χ0n) is 10.9. The molecule has 19 heavy (non-hydrogen) atoms. The summed E-state index contributed by atoms with van der Waals surface area (Å²) in [5.41, 5.74) is 0.544. The van der Waals surface area contributed by atoms with Crippen LogP contribution in [-0.4, -0.2) is 48.3 Å². The standard InChI is InChI=1S/C12H17ClN2O4/c1-14(7-11(16)8-19-2)6-9-3-4-10(13)5-12(9)15(17)18/h3-5,11,16H,6-8H2,1-2H3. The maximum absolute atomic E-state index is 10.9. The molecule has 7 heteroatoms. The van der Waals surface area contributed by atoms with Gasteiger partial charge < -0.3 is 9.84 Å². The van der Waals surface area contributed by atoms with Crippen LogP contribution in [-0.2, 0) is 11.3 Å². The number of aliphatic hydroxyl groups is 1. The summed E-state index contributed by atoms with van der Waals surface area (Å²) in [6.07, 6.45) is -0.624. The van der Waals surface area contributed by atoms with Crippen molar-refractivity contribution in [3.05, 3.63) is 38.9 Å². The molecule has 1 atom stereocenters. The summed E-state index contributed by atoms with van der Waals surface area (Å²) in [5, 5.41) is 20.9. The largest absolute Gasteiger partial charge is 0.389 e. The molecule has 0 aliphatic carbocycles. The number of aliphatic hydroxyl groups excluding tert-OH is 1. The first-order chi connectivity index (χ1) is 8.93. The minimum absolute atomic E-state index is 0.0134. The van der Waals surface area contributed by atoms with Crippen molar-refractivity contribution < 1.29 is 14.8 Å². The summed E-state index contributed by atoms with van der Waals surface area (Å²) in [6, 6.07) is 4.57. The molecular formula is C12H17ClN2O4. The van der Waals surface area contributed by atoms with Crippen LogP contribution in [0.4, 0.5) is 5.69 Å². The van der Waals surface area contributed by atoms with E-state index in [1.807, 2.05) is 0 Å². The summed E-state index contributed by atoms with van der Waals surface area (Å²) < 4.78 is 4.83. The van der Waals surface area contributed by atoms with Crippen molar-refractivity contribution in [3.63, 3.8) is 0 Å². The van der Waals surface area contributed by atoms with Gasteiger partial charge in [0.1, 0.15) is 0 Å². The minimum atomic E-state index is -0.624. The van der Waals surface area contributed by atoms with E-state index in [2.05, 4.69) is 0 Å². The van der Waals surface area contributed by atoms with E-state index in [9.17, 15) is 15.2 Å². The highest BCUT2D eigenvalue weighted by Crippen LogP contribution is 2.24. The quantitative estimate of drug-likeness (QED) is 0.610. The van der Waals surface area contributed by atoms with Gasteiger partial charge >= 0.3 is 0 Å². The van der Waals surface area contributed by atoms with Crippen molar-refractivity contribution in [1.82, 2.24) is 4.90 Å². The number of rotatable bonds is 7. The van der Waals surface area contributed by atoms with Crippen LogP contribution >= 0.6 is 11.6 Å². The fraction of sp³-hybridized carbons (Fsp3) is 0.500. The van der Waals surface area contributed by atoms with Crippen molar-refractivity contribution in [2.24, 2.45) is 0 Å². The molecule has 0 aliphatic rings.